The van der Waals surface area contributed by atoms with E-state index in [1.807, 2.05) is 24.3 Å². The molecule has 26 heavy (non-hydrogen) atoms. The van der Waals surface area contributed by atoms with Crippen molar-refractivity contribution in [2.75, 3.05) is 13.7 Å². The fourth-order valence-electron chi connectivity index (χ4n) is 3.74. The standard InChI is InChI=1S/C19H27N3O3.ClH/c1-25-16-7-5-13(6-8-16)12-22-10-9-17(19(22)24)21-18(23)14-3-2-4-15(20)11-14;/h5-8,14-15,17H,2-4,9-12,20H2,1H3,(H,21,23);1H. The monoisotopic (exact) mass is 381 g/mol. The number of likely N-dealkylation sites (tertiary alicyclic amines) is 1. The van der Waals surface area contributed by atoms with Crippen molar-refractivity contribution in [3.63, 3.8) is 0 Å². The van der Waals surface area contributed by atoms with E-state index in [0.29, 0.717) is 19.5 Å². The lowest BCUT2D eigenvalue weighted by molar-refractivity contribution is -0.134. The molecule has 2 amide bonds. The average Bonchev–Trinajstić information content (AvgIpc) is 2.96. The van der Waals surface area contributed by atoms with Crippen LogP contribution in [0.5, 0.6) is 5.75 Å². The maximum absolute atomic E-state index is 12.6. The van der Waals surface area contributed by atoms with Gasteiger partial charge in [0.2, 0.25) is 11.8 Å². The Morgan fingerprint density at radius 3 is 2.65 bits per heavy atom. The van der Waals surface area contributed by atoms with Crippen molar-refractivity contribution in [2.45, 2.75) is 50.7 Å². The second-order valence-corrected chi connectivity index (χ2v) is 7.08. The number of halogens is 1. The number of carbonyl (C=O) groups is 2. The summed E-state index contributed by atoms with van der Waals surface area (Å²) in [6.07, 6.45) is 4.24. The molecule has 1 saturated carbocycles. The molecule has 0 aromatic heterocycles. The topological polar surface area (TPSA) is 84.7 Å². The Labute approximate surface area is 160 Å². The molecule has 144 valence electrons. The number of hydrogen-bond donors (Lipinski definition) is 2. The molecule has 1 aromatic rings. The molecule has 3 atom stereocenters. The zero-order chi connectivity index (χ0) is 17.8. The Morgan fingerprint density at radius 1 is 1.27 bits per heavy atom. The molecule has 2 fully saturated rings. The second kappa shape index (κ2) is 9.24. The van der Waals surface area contributed by atoms with Gasteiger partial charge >= 0.3 is 0 Å². The first-order valence-electron chi connectivity index (χ1n) is 9.04. The minimum atomic E-state index is -0.399. The van der Waals surface area contributed by atoms with Crippen LogP contribution in [0.25, 0.3) is 0 Å². The lowest BCUT2D eigenvalue weighted by atomic mass is 9.85. The van der Waals surface area contributed by atoms with E-state index in [1.54, 1.807) is 12.0 Å². The summed E-state index contributed by atoms with van der Waals surface area (Å²) < 4.78 is 5.15. The van der Waals surface area contributed by atoms with E-state index in [-0.39, 0.29) is 36.2 Å². The van der Waals surface area contributed by atoms with E-state index in [0.717, 1.165) is 37.0 Å². The number of hydrogen-bond acceptors (Lipinski definition) is 4. The molecular formula is C19H28ClN3O3. The van der Waals surface area contributed by atoms with Gasteiger partial charge in [-0.3, -0.25) is 9.59 Å². The highest BCUT2D eigenvalue weighted by atomic mass is 35.5. The SMILES string of the molecule is COc1ccc(CN2CCC(NC(=O)C3CCCC(N)C3)C2=O)cc1.Cl. The van der Waals surface area contributed by atoms with E-state index < -0.39 is 6.04 Å². The maximum Gasteiger partial charge on any atom is 0.245 e. The minimum Gasteiger partial charge on any atom is -0.497 e. The fraction of sp³-hybridized carbons (Fsp3) is 0.579. The van der Waals surface area contributed by atoms with Gasteiger partial charge in [0.05, 0.1) is 7.11 Å². The molecule has 1 aromatic carbocycles. The zero-order valence-electron chi connectivity index (χ0n) is 15.1. The molecular weight excluding hydrogens is 354 g/mol. The predicted octanol–water partition coefficient (Wildman–Crippen LogP) is 1.85. The van der Waals surface area contributed by atoms with Gasteiger partial charge in [-0.25, -0.2) is 0 Å². The Hall–Kier alpha value is -1.79. The van der Waals surface area contributed by atoms with Gasteiger partial charge in [0, 0.05) is 25.0 Å². The third-order valence-corrected chi connectivity index (χ3v) is 5.23. The molecule has 3 N–H and O–H groups in total. The van der Waals surface area contributed by atoms with Gasteiger partial charge in [0.1, 0.15) is 11.8 Å². The molecule has 0 spiro atoms. The number of nitrogens with zero attached hydrogens (tertiary/aromatic N) is 1. The van der Waals surface area contributed by atoms with Crippen LogP contribution < -0.4 is 15.8 Å². The van der Waals surface area contributed by atoms with Crippen LogP contribution in [0.4, 0.5) is 0 Å². The lowest BCUT2D eigenvalue weighted by Crippen LogP contribution is -2.45. The zero-order valence-corrected chi connectivity index (χ0v) is 16.0. The van der Waals surface area contributed by atoms with Crippen molar-refractivity contribution < 1.29 is 14.3 Å². The molecule has 1 aliphatic carbocycles. The van der Waals surface area contributed by atoms with E-state index in [4.69, 9.17) is 10.5 Å². The van der Waals surface area contributed by atoms with E-state index >= 15 is 0 Å². The molecule has 6 nitrogen and oxygen atoms in total. The summed E-state index contributed by atoms with van der Waals surface area (Å²) in [6.45, 7) is 1.23. The number of methoxy groups -OCH3 is 1. The third kappa shape index (κ3) is 4.89. The molecule has 3 unspecified atom stereocenters. The van der Waals surface area contributed by atoms with Crippen molar-refractivity contribution >= 4 is 24.2 Å². The van der Waals surface area contributed by atoms with Gasteiger partial charge in [-0.2, -0.15) is 0 Å². The predicted molar refractivity (Wildman–Crippen MR) is 102 cm³/mol. The normalized spacial score (nSPS) is 25.5. The summed E-state index contributed by atoms with van der Waals surface area (Å²) in [5, 5.41) is 2.95. The highest BCUT2D eigenvalue weighted by molar-refractivity contribution is 5.90. The maximum atomic E-state index is 12.6. The number of nitrogens with two attached hydrogens (primary N) is 1. The second-order valence-electron chi connectivity index (χ2n) is 7.08. The first-order valence-corrected chi connectivity index (χ1v) is 9.04. The fourth-order valence-corrected chi connectivity index (χ4v) is 3.74. The summed E-state index contributed by atoms with van der Waals surface area (Å²) in [6, 6.07) is 7.41. The van der Waals surface area contributed by atoms with E-state index in [9.17, 15) is 9.59 Å². The summed E-state index contributed by atoms with van der Waals surface area (Å²) >= 11 is 0. The average molecular weight is 382 g/mol. The minimum absolute atomic E-state index is 0. The van der Waals surface area contributed by atoms with Gasteiger partial charge in [-0.05, 0) is 43.4 Å². The highest BCUT2D eigenvalue weighted by Gasteiger charge is 2.35. The Kier molecular flexibility index (Phi) is 7.29. The van der Waals surface area contributed by atoms with Crippen molar-refractivity contribution in [3.05, 3.63) is 29.8 Å². The van der Waals surface area contributed by atoms with E-state index in [2.05, 4.69) is 5.32 Å². The summed E-state index contributed by atoms with van der Waals surface area (Å²) in [4.78, 5) is 26.8. The van der Waals surface area contributed by atoms with Crippen molar-refractivity contribution in [2.24, 2.45) is 11.7 Å². The summed E-state index contributed by atoms with van der Waals surface area (Å²) in [5.41, 5.74) is 7.02. The van der Waals surface area contributed by atoms with Crippen molar-refractivity contribution in [1.29, 1.82) is 0 Å². The quantitative estimate of drug-likeness (QED) is 0.815. The largest absolute Gasteiger partial charge is 0.497 e. The Balaban J connectivity index is 0.00000243. The van der Waals surface area contributed by atoms with Gasteiger partial charge in [0.25, 0.3) is 0 Å². The van der Waals surface area contributed by atoms with Crippen LogP contribution >= 0.6 is 12.4 Å². The first kappa shape index (κ1) is 20.5. The van der Waals surface area contributed by atoms with Crippen LogP contribution in [-0.4, -0.2) is 42.5 Å². The van der Waals surface area contributed by atoms with Crippen LogP contribution in [0, 0.1) is 5.92 Å². The van der Waals surface area contributed by atoms with Gasteiger partial charge in [0.15, 0.2) is 0 Å². The lowest BCUT2D eigenvalue weighted by Gasteiger charge is -2.26. The molecule has 1 saturated heterocycles. The Bertz CT molecular complexity index is 623. The molecule has 1 aliphatic heterocycles. The van der Waals surface area contributed by atoms with Crippen molar-refractivity contribution in [1.82, 2.24) is 10.2 Å². The molecule has 1 heterocycles. The summed E-state index contributed by atoms with van der Waals surface area (Å²) in [5.74, 6) is 0.739. The number of carbonyl (C=O) groups excluding carboxylic acids is 2. The summed E-state index contributed by atoms with van der Waals surface area (Å²) in [7, 11) is 1.63. The first-order chi connectivity index (χ1) is 12.1. The molecule has 2 aliphatic rings. The van der Waals surface area contributed by atoms with Gasteiger partial charge in [-0.1, -0.05) is 18.6 Å². The Morgan fingerprint density at radius 2 is 2.00 bits per heavy atom. The molecule has 3 rings (SSSR count). The highest BCUT2D eigenvalue weighted by Crippen LogP contribution is 2.24. The van der Waals surface area contributed by atoms with Gasteiger partial charge < -0.3 is 20.7 Å². The van der Waals surface area contributed by atoms with Gasteiger partial charge in [-0.15, -0.1) is 12.4 Å². The van der Waals surface area contributed by atoms with Crippen molar-refractivity contribution in [3.8, 4) is 5.75 Å². The number of ether oxygens (including phenoxy) is 1. The van der Waals surface area contributed by atoms with Crippen LogP contribution in [-0.2, 0) is 16.1 Å². The van der Waals surface area contributed by atoms with Crippen LogP contribution in [0.1, 0.15) is 37.7 Å². The van der Waals surface area contributed by atoms with Crippen LogP contribution in [0.3, 0.4) is 0 Å². The van der Waals surface area contributed by atoms with Crippen LogP contribution in [0.15, 0.2) is 24.3 Å². The number of benzene rings is 1. The number of rotatable bonds is 5. The smallest absolute Gasteiger partial charge is 0.245 e. The molecule has 0 bridgehead atoms. The molecule has 0 radical (unpaired) electrons. The third-order valence-electron chi connectivity index (χ3n) is 5.23. The van der Waals surface area contributed by atoms with Crippen LogP contribution in [0.2, 0.25) is 0 Å². The van der Waals surface area contributed by atoms with E-state index in [1.165, 1.54) is 0 Å². The number of amides is 2. The molecule has 7 heteroatoms. The number of nitrogens with one attached hydrogen (secondary N) is 1.